The van der Waals surface area contributed by atoms with E-state index in [1.54, 1.807) is 0 Å². The first-order valence-corrected chi connectivity index (χ1v) is 4.00. The van der Waals surface area contributed by atoms with Crippen LogP contribution in [0.4, 0.5) is 0 Å². The van der Waals surface area contributed by atoms with Crippen molar-refractivity contribution in [2.24, 2.45) is 5.73 Å². The summed E-state index contributed by atoms with van der Waals surface area (Å²) >= 11 is 0. The second kappa shape index (κ2) is 5.75. The fourth-order valence-corrected chi connectivity index (χ4v) is 0.663. The van der Waals surface area contributed by atoms with E-state index in [0.717, 1.165) is 0 Å². The molecule has 3 N–H and O–H groups in total. The highest BCUT2D eigenvalue weighted by Crippen LogP contribution is 2.02. The Morgan fingerprint density at radius 2 is 1.42 bits per heavy atom. The number of aliphatic hydroxyl groups excluding tert-OH is 1. The van der Waals surface area contributed by atoms with Gasteiger partial charge in [-0.25, -0.2) is 0 Å². The van der Waals surface area contributed by atoms with Crippen LogP contribution in [0.1, 0.15) is 18.1 Å². The van der Waals surface area contributed by atoms with Crippen molar-refractivity contribution >= 4 is 0 Å². The largest absolute Gasteiger partial charge is 0.379 e. The number of nitrogens with two attached hydrogens (primary N) is 1. The Labute approximate surface area is 74.0 Å². The molecule has 0 bridgehead atoms. The molecule has 0 fully saturated rings. The van der Waals surface area contributed by atoms with Crippen LogP contribution >= 0.6 is 0 Å². The Morgan fingerprint density at radius 3 is 1.58 bits per heavy atom. The van der Waals surface area contributed by atoms with Crippen LogP contribution in [0.25, 0.3) is 0 Å². The van der Waals surface area contributed by atoms with Crippen molar-refractivity contribution < 1.29 is 5.11 Å². The second-order valence-electron chi connectivity index (χ2n) is 2.82. The predicted molar refractivity (Wildman–Crippen MR) is 51.8 cm³/mol. The molecular weight excluding hydrogens is 150 g/mol. The van der Waals surface area contributed by atoms with Gasteiger partial charge in [0.05, 0.1) is 6.23 Å². The molecule has 0 saturated heterocycles. The lowest BCUT2D eigenvalue weighted by Gasteiger charge is -1.93. The highest BCUT2D eigenvalue weighted by Gasteiger charge is 1.83. The molecule has 1 unspecified atom stereocenters. The van der Waals surface area contributed by atoms with Gasteiger partial charge in [0.15, 0.2) is 0 Å². The van der Waals surface area contributed by atoms with E-state index in [2.05, 4.69) is 43.8 Å². The third-order valence-corrected chi connectivity index (χ3v) is 1.43. The molecule has 2 heteroatoms. The summed E-state index contributed by atoms with van der Waals surface area (Å²) in [6.45, 7) is 5.74. The van der Waals surface area contributed by atoms with E-state index in [1.165, 1.54) is 18.1 Å². The molecule has 1 aromatic carbocycles. The van der Waals surface area contributed by atoms with Gasteiger partial charge in [-0.05, 0) is 31.9 Å². The van der Waals surface area contributed by atoms with Crippen molar-refractivity contribution in [1.29, 1.82) is 0 Å². The van der Waals surface area contributed by atoms with Crippen LogP contribution in [-0.4, -0.2) is 11.3 Å². The number of hydrogen-bond donors (Lipinski definition) is 2. The van der Waals surface area contributed by atoms with Crippen LogP contribution in [-0.2, 0) is 0 Å². The van der Waals surface area contributed by atoms with Crippen LogP contribution in [0.2, 0.25) is 0 Å². The third-order valence-electron chi connectivity index (χ3n) is 1.43. The number of aryl methyl sites for hydroxylation is 2. The Balaban J connectivity index is 0.000000261. The Hall–Kier alpha value is -0.860. The molecule has 1 rings (SSSR count). The molecule has 0 aromatic heterocycles. The van der Waals surface area contributed by atoms with Crippen molar-refractivity contribution in [3.63, 3.8) is 0 Å². The minimum Gasteiger partial charge on any atom is -0.379 e. The van der Waals surface area contributed by atoms with Crippen molar-refractivity contribution in [2.45, 2.75) is 27.0 Å². The van der Waals surface area contributed by atoms with Crippen LogP contribution in [0.15, 0.2) is 24.3 Å². The zero-order chi connectivity index (χ0) is 9.56. The third kappa shape index (κ3) is 5.89. The molecule has 0 heterocycles. The number of benzene rings is 1. The first kappa shape index (κ1) is 11.1. The summed E-state index contributed by atoms with van der Waals surface area (Å²) in [4.78, 5) is 0. The number of hydrogen-bond acceptors (Lipinski definition) is 2. The first-order chi connectivity index (χ1) is 5.54. The van der Waals surface area contributed by atoms with Crippen molar-refractivity contribution in [1.82, 2.24) is 0 Å². The Kier molecular flexibility index (Phi) is 5.34. The minimum atomic E-state index is -0.667. The van der Waals surface area contributed by atoms with Crippen molar-refractivity contribution in [3.8, 4) is 0 Å². The summed E-state index contributed by atoms with van der Waals surface area (Å²) in [6, 6.07) is 8.36. The smallest absolute Gasteiger partial charge is 0.0991 e. The van der Waals surface area contributed by atoms with Crippen LogP contribution in [0.5, 0.6) is 0 Å². The van der Waals surface area contributed by atoms with E-state index >= 15 is 0 Å². The summed E-state index contributed by atoms with van der Waals surface area (Å²) < 4.78 is 0. The summed E-state index contributed by atoms with van der Waals surface area (Å²) in [5, 5.41) is 7.83. The van der Waals surface area contributed by atoms with Gasteiger partial charge in [0, 0.05) is 0 Å². The molecule has 0 spiro atoms. The molecular formula is C10H17NO. The van der Waals surface area contributed by atoms with E-state index in [0.29, 0.717) is 0 Å². The topological polar surface area (TPSA) is 46.2 Å². The van der Waals surface area contributed by atoms with E-state index in [1.807, 2.05) is 0 Å². The fourth-order valence-electron chi connectivity index (χ4n) is 0.663. The molecule has 0 aliphatic rings. The van der Waals surface area contributed by atoms with Gasteiger partial charge in [0.25, 0.3) is 0 Å². The molecule has 0 saturated carbocycles. The van der Waals surface area contributed by atoms with Crippen molar-refractivity contribution in [3.05, 3.63) is 35.4 Å². The van der Waals surface area contributed by atoms with Crippen molar-refractivity contribution in [2.75, 3.05) is 0 Å². The van der Waals surface area contributed by atoms with Gasteiger partial charge in [-0.15, -0.1) is 0 Å². The van der Waals surface area contributed by atoms with Gasteiger partial charge >= 0.3 is 0 Å². The fraction of sp³-hybridized carbons (Fsp3) is 0.400. The average Bonchev–Trinajstić information content (AvgIpc) is 1.94. The molecule has 1 aromatic rings. The van der Waals surface area contributed by atoms with E-state index in [9.17, 15) is 0 Å². The molecule has 0 amide bonds. The molecule has 0 aliphatic heterocycles. The number of rotatable bonds is 0. The monoisotopic (exact) mass is 167 g/mol. The summed E-state index contributed by atoms with van der Waals surface area (Å²) in [6.07, 6.45) is -0.667. The summed E-state index contributed by atoms with van der Waals surface area (Å²) in [7, 11) is 0. The van der Waals surface area contributed by atoms with Gasteiger partial charge in [-0.1, -0.05) is 24.3 Å². The molecule has 68 valence electrons. The van der Waals surface area contributed by atoms with Crippen LogP contribution < -0.4 is 5.73 Å². The summed E-state index contributed by atoms with van der Waals surface area (Å²) in [5.74, 6) is 0. The summed E-state index contributed by atoms with van der Waals surface area (Å²) in [5.41, 5.74) is 7.40. The van der Waals surface area contributed by atoms with E-state index in [4.69, 9.17) is 5.11 Å². The lowest BCUT2D eigenvalue weighted by molar-refractivity contribution is 0.203. The van der Waals surface area contributed by atoms with Gasteiger partial charge in [0.2, 0.25) is 0 Å². The van der Waals surface area contributed by atoms with Gasteiger partial charge in [-0.3, -0.25) is 0 Å². The van der Waals surface area contributed by atoms with Crippen LogP contribution in [0, 0.1) is 13.8 Å². The minimum absolute atomic E-state index is 0.667. The SMILES string of the molecule is CC(N)O.Cc1ccccc1C. The highest BCUT2D eigenvalue weighted by atomic mass is 16.3. The maximum Gasteiger partial charge on any atom is 0.0991 e. The average molecular weight is 167 g/mol. The maximum absolute atomic E-state index is 7.83. The highest BCUT2D eigenvalue weighted by molar-refractivity contribution is 5.23. The standard InChI is InChI=1S/C8H10.C2H7NO/c1-7-5-3-4-6-8(7)2;1-2(3)4/h3-6H,1-2H3;2,4H,3H2,1H3. The quantitative estimate of drug-likeness (QED) is 0.576. The van der Waals surface area contributed by atoms with Gasteiger partial charge in [0.1, 0.15) is 0 Å². The van der Waals surface area contributed by atoms with Gasteiger partial charge in [-0.2, -0.15) is 0 Å². The first-order valence-electron chi connectivity index (χ1n) is 4.00. The zero-order valence-corrected chi connectivity index (χ0v) is 7.91. The Morgan fingerprint density at radius 1 is 1.17 bits per heavy atom. The molecule has 0 aliphatic carbocycles. The molecule has 0 radical (unpaired) electrons. The predicted octanol–water partition coefficient (Wildman–Crippen LogP) is 1.59. The maximum atomic E-state index is 7.83. The Bertz CT molecular complexity index is 197. The zero-order valence-electron chi connectivity index (χ0n) is 7.91. The molecule has 12 heavy (non-hydrogen) atoms. The van der Waals surface area contributed by atoms with E-state index in [-0.39, 0.29) is 0 Å². The second-order valence-corrected chi connectivity index (χ2v) is 2.82. The van der Waals surface area contributed by atoms with E-state index < -0.39 is 6.23 Å². The normalized spacial score (nSPS) is 11.4. The van der Waals surface area contributed by atoms with Gasteiger partial charge < -0.3 is 10.8 Å². The lowest BCUT2D eigenvalue weighted by atomic mass is 10.1. The molecule has 2 nitrogen and oxygen atoms in total. The number of aliphatic hydroxyl groups is 1. The van der Waals surface area contributed by atoms with Crippen LogP contribution in [0.3, 0.4) is 0 Å². The lowest BCUT2D eigenvalue weighted by Crippen LogP contribution is -2.11. The molecule has 1 atom stereocenters.